The summed E-state index contributed by atoms with van der Waals surface area (Å²) in [5.74, 6) is 0. The van der Waals surface area contributed by atoms with Gasteiger partial charge in [0.2, 0.25) is 0 Å². The van der Waals surface area contributed by atoms with E-state index in [0.29, 0.717) is 5.02 Å². The molecule has 2 nitrogen and oxygen atoms in total. The molecule has 0 fully saturated rings. The lowest BCUT2D eigenvalue weighted by Crippen LogP contribution is -2.11. The molecule has 1 aromatic heterocycles. The van der Waals surface area contributed by atoms with Crippen LogP contribution in [0.3, 0.4) is 0 Å². The maximum absolute atomic E-state index is 13.8. The average Bonchev–Trinajstić information content (AvgIpc) is 2.51. The zero-order chi connectivity index (χ0) is 17.2. The van der Waals surface area contributed by atoms with Gasteiger partial charge in [-0.25, -0.2) is 4.39 Å². The molecule has 1 N–H and O–H groups in total. The van der Waals surface area contributed by atoms with Gasteiger partial charge in [-0.05, 0) is 43.7 Å². The molecule has 23 heavy (non-hydrogen) atoms. The molecule has 1 atom stereocenters. The molecule has 0 saturated heterocycles. The van der Waals surface area contributed by atoms with Gasteiger partial charge in [-0.2, -0.15) is 0 Å². The second kappa shape index (κ2) is 10.0. The molecule has 0 aliphatic carbocycles. The number of halogens is 2. The van der Waals surface area contributed by atoms with Crippen LogP contribution in [0.2, 0.25) is 5.02 Å². The lowest BCUT2D eigenvalue weighted by atomic mass is 9.94. The Labute approximate surface area is 143 Å². The summed E-state index contributed by atoms with van der Waals surface area (Å²) in [6, 6.07) is 1.82. The Balaban J connectivity index is 3.63. The fraction of sp³-hybridized carbons (Fsp3) is 0.316. The molecule has 124 valence electrons. The van der Waals surface area contributed by atoms with E-state index >= 15 is 0 Å². The average molecular weight is 335 g/mol. The minimum atomic E-state index is -0.974. The highest BCUT2D eigenvalue weighted by Gasteiger charge is 2.16. The van der Waals surface area contributed by atoms with Crippen molar-refractivity contribution in [1.29, 1.82) is 0 Å². The molecule has 1 aromatic rings. The van der Waals surface area contributed by atoms with Gasteiger partial charge in [0, 0.05) is 24.4 Å². The van der Waals surface area contributed by atoms with E-state index in [9.17, 15) is 4.39 Å². The van der Waals surface area contributed by atoms with Crippen molar-refractivity contribution in [1.82, 2.24) is 10.3 Å². The van der Waals surface area contributed by atoms with Gasteiger partial charge in [-0.3, -0.25) is 4.98 Å². The second-order valence-electron chi connectivity index (χ2n) is 5.11. The van der Waals surface area contributed by atoms with Gasteiger partial charge in [0.15, 0.2) is 0 Å². The molecule has 1 unspecified atom stereocenters. The van der Waals surface area contributed by atoms with Gasteiger partial charge in [-0.1, -0.05) is 43.3 Å². The highest BCUT2D eigenvalue weighted by Crippen LogP contribution is 2.31. The zero-order valence-corrected chi connectivity index (χ0v) is 14.7. The first-order chi connectivity index (χ1) is 11.0. The maximum Gasteiger partial charge on any atom is 0.101 e. The maximum atomic E-state index is 13.8. The van der Waals surface area contributed by atoms with Crippen LogP contribution in [0.25, 0.3) is 5.70 Å². The van der Waals surface area contributed by atoms with Gasteiger partial charge in [0.25, 0.3) is 0 Å². The van der Waals surface area contributed by atoms with E-state index in [0.717, 1.165) is 28.8 Å². The van der Waals surface area contributed by atoms with Gasteiger partial charge < -0.3 is 5.32 Å². The van der Waals surface area contributed by atoms with Crippen molar-refractivity contribution < 1.29 is 4.39 Å². The topological polar surface area (TPSA) is 24.9 Å². The SMILES string of the molecule is C=CN/C(=C(CC(C)F)/C(/C=C\C)=C/CC)c1ccncc1Cl. The summed E-state index contributed by atoms with van der Waals surface area (Å²) in [7, 11) is 0. The van der Waals surface area contributed by atoms with Crippen LogP contribution in [0.1, 0.15) is 39.2 Å². The quantitative estimate of drug-likeness (QED) is 0.604. The van der Waals surface area contributed by atoms with Crippen LogP contribution in [0, 0.1) is 0 Å². The highest BCUT2D eigenvalue weighted by atomic mass is 35.5. The lowest BCUT2D eigenvalue weighted by Gasteiger charge is -2.19. The van der Waals surface area contributed by atoms with E-state index in [1.54, 1.807) is 25.5 Å². The van der Waals surface area contributed by atoms with Gasteiger partial charge >= 0.3 is 0 Å². The Bertz CT molecular complexity index is 616. The summed E-state index contributed by atoms with van der Waals surface area (Å²) in [5.41, 5.74) is 3.39. The van der Waals surface area contributed by atoms with Crippen molar-refractivity contribution in [2.75, 3.05) is 0 Å². The van der Waals surface area contributed by atoms with E-state index in [-0.39, 0.29) is 6.42 Å². The Kier molecular flexibility index (Phi) is 8.35. The number of hydrogen-bond acceptors (Lipinski definition) is 2. The number of alkyl halides is 1. The van der Waals surface area contributed by atoms with Crippen molar-refractivity contribution in [2.45, 2.75) is 39.8 Å². The van der Waals surface area contributed by atoms with Crippen molar-refractivity contribution in [3.63, 3.8) is 0 Å². The van der Waals surface area contributed by atoms with E-state index in [2.05, 4.69) is 29.9 Å². The largest absolute Gasteiger partial charge is 0.362 e. The molecule has 0 aliphatic rings. The van der Waals surface area contributed by atoms with Gasteiger partial charge in [0.1, 0.15) is 6.17 Å². The normalized spacial score (nSPS) is 14.6. The molecule has 0 radical (unpaired) electrons. The molecular weight excluding hydrogens is 311 g/mol. The first kappa shape index (κ1) is 19.2. The molecule has 1 rings (SSSR count). The van der Waals surface area contributed by atoms with Crippen molar-refractivity contribution in [3.05, 3.63) is 71.2 Å². The smallest absolute Gasteiger partial charge is 0.101 e. The van der Waals surface area contributed by atoms with Crippen LogP contribution < -0.4 is 5.32 Å². The summed E-state index contributed by atoms with van der Waals surface area (Å²) in [4.78, 5) is 4.01. The van der Waals surface area contributed by atoms with Gasteiger partial charge in [-0.15, -0.1) is 0 Å². The van der Waals surface area contributed by atoms with E-state index in [4.69, 9.17) is 11.6 Å². The summed E-state index contributed by atoms with van der Waals surface area (Å²) in [6.07, 6.45) is 11.0. The molecule has 0 spiro atoms. The van der Waals surface area contributed by atoms with Crippen molar-refractivity contribution in [3.8, 4) is 0 Å². The molecule has 0 bridgehead atoms. The fourth-order valence-corrected chi connectivity index (χ4v) is 2.56. The van der Waals surface area contributed by atoms with Crippen LogP contribution in [0.15, 0.2) is 60.6 Å². The standard InChI is InChI=1S/C19H24ClFN2/c1-5-8-15(9-6-2)17(12-14(4)21)19(23-7-3)16-10-11-22-13-18(16)20/h5,7-11,13-14,23H,3,6,12H2,1-2,4H3/b8-5-,15-9+,19-17+. The number of allylic oxidation sites excluding steroid dienone is 5. The molecule has 0 amide bonds. The van der Waals surface area contributed by atoms with Crippen LogP contribution in [-0.4, -0.2) is 11.2 Å². The summed E-state index contributed by atoms with van der Waals surface area (Å²) >= 11 is 6.29. The Hall–Kier alpha value is -1.87. The minimum Gasteiger partial charge on any atom is -0.362 e. The van der Waals surface area contributed by atoms with E-state index in [1.807, 2.05) is 25.1 Å². The van der Waals surface area contributed by atoms with Crippen LogP contribution in [-0.2, 0) is 0 Å². The van der Waals surface area contributed by atoms with Crippen LogP contribution in [0.4, 0.5) is 4.39 Å². The summed E-state index contributed by atoms with van der Waals surface area (Å²) in [5, 5.41) is 3.64. The first-order valence-electron chi connectivity index (χ1n) is 7.72. The predicted octanol–water partition coefficient (Wildman–Crippen LogP) is 5.84. The Morgan fingerprint density at radius 3 is 2.78 bits per heavy atom. The number of nitrogens with zero attached hydrogens (tertiary/aromatic N) is 1. The van der Waals surface area contributed by atoms with E-state index in [1.165, 1.54) is 0 Å². The van der Waals surface area contributed by atoms with Crippen LogP contribution in [0.5, 0.6) is 0 Å². The molecule has 4 heteroatoms. The molecular formula is C19H24ClFN2. The van der Waals surface area contributed by atoms with Gasteiger partial charge in [0.05, 0.1) is 10.7 Å². The number of pyridine rings is 1. The third kappa shape index (κ3) is 5.68. The molecule has 1 heterocycles. The third-order valence-corrected chi connectivity index (χ3v) is 3.50. The summed E-state index contributed by atoms with van der Waals surface area (Å²) in [6.45, 7) is 9.29. The fourth-order valence-electron chi connectivity index (χ4n) is 2.34. The number of aromatic nitrogens is 1. The predicted molar refractivity (Wildman–Crippen MR) is 97.9 cm³/mol. The highest BCUT2D eigenvalue weighted by molar-refractivity contribution is 6.32. The second-order valence-corrected chi connectivity index (χ2v) is 5.52. The zero-order valence-electron chi connectivity index (χ0n) is 13.9. The molecule has 0 aliphatic heterocycles. The number of nitrogens with one attached hydrogen (secondary N) is 1. The van der Waals surface area contributed by atoms with Crippen molar-refractivity contribution >= 4 is 17.3 Å². The molecule has 0 saturated carbocycles. The number of hydrogen-bond donors (Lipinski definition) is 1. The first-order valence-corrected chi connectivity index (χ1v) is 8.10. The van der Waals surface area contributed by atoms with E-state index < -0.39 is 6.17 Å². The van der Waals surface area contributed by atoms with Crippen molar-refractivity contribution in [2.24, 2.45) is 0 Å². The monoisotopic (exact) mass is 334 g/mol. The Morgan fingerprint density at radius 1 is 1.52 bits per heavy atom. The molecule has 0 aromatic carbocycles. The Morgan fingerprint density at radius 2 is 2.26 bits per heavy atom. The van der Waals surface area contributed by atoms with Crippen LogP contribution >= 0.6 is 11.6 Å². The number of rotatable bonds is 8. The lowest BCUT2D eigenvalue weighted by molar-refractivity contribution is 0.361. The minimum absolute atomic E-state index is 0.283. The third-order valence-electron chi connectivity index (χ3n) is 3.19. The summed E-state index contributed by atoms with van der Waals surface area (Å²) < 4.78 is 13.8.